The number of carbonyl (C=O) groups is 2. The molecule has 9 nitrogen and oxygen atoms in total. The normalized spacial score (nSPS) is 16.6. The van der Waals surface area contributed by atoms with Gasteiger partial charge in [-0.05, 0) is 41.8 Å². The van der Waals surface area contributed by atoms with E-state index in [0.717, 1.165) is 17.7 Å². The van der Waals surface area contributed by atoms with Crippen molar-refractivity contribution in [3.05, 3.63) is 52.4 Å². The van der Waals surface area contributed by atoms with Crippen molar-refractivity contribution in [1.82, 2.24) is 4.90 Å². The van der Waals surface area contributed by atoms with Crippen LogP contribution in [0, 0.1) is 11.3 Å². The van der Waals surface area contributed by atoms with E-state index in [0.29, 0.717) is 21.8 Å². The summed E-state index contributed by atoms with van der Waals surface area (Å²) in [7, 11) is 1.40. The number of rotatable bonds is 6. The van der Waals surface area contributed by atoms with Crippen molar-refractivity contribution in [2.75, 3.05) is 12.9 Å². The lowest BCUT2D eigenvalue weighted by Gasteiger charge is -2.24. The number of aliphatic imine (C=N–C) groups is 1. The van der Waals surface area contributed by atoms with Crippen molar-refractivity contribution in [2.24, 2.45) is 15.3 Å². The van der Waals surface area contributed by atoms with Gasteiger partial charge in [0.2, 0.25) is 10.9 Å². The molecule has 176 valence electrons. The Balaban J connectivity index is 1.62. The van der Waals surface area contributed by atoms with E-state index < -0.39 is 11.9 Å². The number of hydrogen-bond donors (Lipinski definition) is 1. The fraction of sp³-hybridized carbons (Fsp3) is 0.227. The number of amides is 1. The Kier molecular flexibility index (Phi) is 7.15. The van der Waals surface area contributed by atoms with Crippen molar-refractivity contribution < 1.29 is 23.5 Å². The molecule has 2 aliphatic rings. The van der Waals surface area contributed by atoms with E-state index in [-0.39, 0.29) is 33.7 Å². The maximum Gasteiger partial charge on any atom is 0.379 e. The Morgan fingerprint density at radius 3 is 2.88 bits per heavy atom. The standard InChI is InChI=1S/C22H19ClN4O5S2/c1-11(2)10-33-22-26-34-21-25-19(28)13(18(24)27(21)22)7-12-8-14(23)17(16(9-12)30-3)32-20(29)15-5-4-6-31-15/h4-9,11,24H,10H2,1-3H3/b13-7-,24-18?. The van der Waals surface area contributed by atoms with Gasteiger partial charge in [0.05, 0.1) is 35.9 Å². The topological polar surface area (TPSA) is 118 Å². The highest BCUT2D eigenvalue weighted by atomic mass is 35.5. The number of hydrogen-bond acceptors (Lipinski definition) is 9. The van der Waals surface area contributed by atoms with Gasteiger partial charge >= 0.3 is 5.97 Å². The molecule has 0 aliphatic carbocycles. The molecule has 1 N–H and O–H groups in total. The summed E-state index contributed by atoms with van der Waals surface area (Å²) in [6.45, 7) is 4.18. The summed E-state index contributed by atoms with van der Waals surface area (Å²) in [5.41, 5.74) is 0.536. The minimum Gasteiger partial charge on any atom is -0.493 e. The number of methoxy groups -OCH3 is 1. The zero-order chi connectivity index (χ0) is 24.4. The van der Waals surface area contributed by atoms with Crippen LogP contribution in [-0.4, -0.2) is 45.8 Å². The van der Waals surface area contributed by atoms with E-state index in [4.69, 9.17) is 30.9 Å². The fourth-order valence-corrected chi connectivity index (χ4v) is 5.01. The van der Waals surface area contributed by atoms with Gasteiger partial charge in [0.25, 0.3) is 5.91 Å². The van der Waals surface area contributed by atoms with Gasteiger partial charge < -0.3 is 13.9 Å². The van der Waals surface area contributed by atoms with Gasteiger partial charge in [-0.15, -0.1) is 0 Å². The fourth-order valence-electron chi connectivity index (χ4n) is 2.96. The quantitative estimate of drug-likeness (QED) is 0.242. The van der Waals surface area contributed by atoms with Crippen LogP contribution in [0.15, 0.2) is 49.9 Å². The second-order valence-corrected chi connectivity index (χ2v) is 9.64. The summed E-state index contributed by atoms with van der Waals surface area (Å²) < 4.78 is 20.1. The zero-order valence-electron chi connectivity index (χ0n) is 18.3. The predicted octanol–water partition coefficient (Wildman–Crippen LogP) is 5.13. The second kappa shape index (κ2) is 10.1. The van der Waals surface area contributed by atoms with Crippen LogP contribution in [0.3, 0.4) is 0 Å². The number of nitrogens with one attached hydrogen (secondary N) is 1. The van der Waals surface area contributed by atoms with Crippen LogP contribution < -0.4 is 9.47 Å². The highest BCUT2D eigenvalue weighted by Crippen LogP contribution is 2.38. The van der Waals surface area contributed by atoms with Gasteiger partial charge in [-0.2, -0.15) is 9.39 Å². The van der Waals surface area contributed by atoms with Gasteiger partial charge in [0, 0.05) is 5.75 Å². The van der Waals surface area contributed by atoms with E-state index in [1.54, 1.807) is 17.0 Å². The molecule has 2 aliphatic heterocycles. The van der Waals surface area contributed by atoms with Crippen LogP contribution in [-0.2, 0) is 4.79 Å². The van der Waals surface area contributed by atoms with E-state index in [9.17, 15) is 9.59 Å². The third-order valence-corrected chi connectivity index (χ3v) is 6.98. The monoisotopic (exact) mass is 518 g/mol. The van der Waals surface area contributed by atoms with Crippen molar-refractivity contribution in [1.29, 1.82) is 5.41 Å². The Morgan fingerprint density at radius 1 is 1.41 bits per heavy atom. The lowest BCUT2D eigenvalue weighted by molar-refractivity contribution is -0.114. The van der Waals surface area contributed by atoms with Gasteiger partial charge in [-0.3, -0.25) is 10.2 Å². The van der Waals surface area contributed by atoms with Crippen LogP contribution in [0.2, 0.25) is 5.02 Å². The number of furan rings is 1. The molecule has 0 bridgehead atoms. The minimum atomic E-state index is -0.736. The van der Waals surface area contributed by atoms with Crippen LogP contribution in [0.1, 0.15) is 30.0 Å². The number of thioether (sulfide) groups is 1. The second-order valence-electron chi connectivity index (χ2n) is 7.51. The van der Waals surface area contributed by atoms with E-state index >= 15 is 0 Å². The predicted molar refractivity (Wildman–Crippen MR) is 134 cm³/mol. The van der Waals surface area contributed by atoms with Gasteiger partial charge in [-0.25, -0.2) is 9.69 Å². The molecule has 0 radical (unpaired) electrons. The number of fused-ring (bicyclic) bond motifs is 1. The maximum atomic E-state index is 12.7. The van der Waals surface area contributed by atoms with Crippen molar-refractivity contribution in [3.8, 4) is 11.5 Å². The molecule has 0 spiro atoms. The number of ether oxygens (including phenoxy) is 2. The van der Waals surface area contributed by atoms with Crippen LogP contribution >= 0.6 is 35.3 Å². The van der Waals surface area contributed by atoms with E-state index in [2.05, 4.69) is 23.2 Å². The highest BCUT2D eigenvalue weighted by molar-refractivity contribution is 8.19. The molecule has 0 saturated carbocycles. The number of carbonyl (C=O) groups excluding carboxylic acids is 2. The maximum absolute atomic E-state index is 12.7. The average molecular weight is 519 g/mol. The van der Waals surface area contributed by atoms with Crippen LogP contribution in [0.5, 0.6) is 11.5 Å². The molecule has 1 aromatic heterocycles. The van der Waals surface area contributed by atoms with Gasteiger partial charge in [0.1, 0.15) is 5.84 Å². The van der Waals surface area contributed by atoms with Crippen molar-refractivity contribution in [3.63, 3.8) is 0 Å². The highest BCUT2D eigenvalue weighted by Gasteiger charge is 2.37. The van der Waals surface area contributed by atoms with E-state index in [1.807, 2.05) is 0 Å². The van der Waals surface area contributed by atoms with Crippen molar-refractivity contribution in [2.45, 2.75) is 13.8 Å². The molecule has 0 saturated heterocycles. The molecule has 2 aromatic rings. The van der Waals surface area contributed by atoms with Crippen molar-refractivity contribution >= 4 is 69.4 Å². The molecule has 12 heteroatoms. The summed E-state index contributed by atoms with van der Waals surface area (Å²) in [5.74, 6) is 0.114. The summed E-state index contributed by atoms with van der Waals surface area (Å²) >= 11 is 8.95. The average Bonchev–Trinajstić information content (AvgIpc) is 3.47. The molecule has 0 unspecified atom stereocenters. The summed E-state index contributed by atoms with van der Waals surface area (Å²) in [5, 5.41) is 9.68. The molecule has 1 amide bonds. The molecule has 0 atom stereocenters. The summed E-state index contributed by atoms with van der Waals surface area (Å²) in [6, 6.07) is 6.07. The summed E-state index contributed by atoms with van der Waals surface area (Å²) in [4.78, 5) is 30.6. The molecule has 4 rings (SSSR count). The van der Waals surface area contributed by atoms with Gasteiger partial charge in [-0.1, -0.05) is 37.2 Å². The number of esters is 1. The molecule has 0 fully saturated rings. The molecule has 3 heterocycles. The zero-order valence-corrected chi connectivity index (χ0v) is 20.7. The number of halogens is 1. The lowest BCUT2D eigenvalue weighted by atomic mass is 10.1. The first-order valence-corrected chi connectivity index (χ1v) is 12.2. The van der Waals surface area contributed by atoms with Crippen LogP contribution in [0.25, 0.3) is 6.08 Å². The first kappa shape index (κ1) is 24.1. The number of amidine groups is 3. The first-order valence-electron chi connectivity index (χ1n) is 10.0. The molecule has 34 heavy (non-hydrogen) atoms. The summed E-state index contributed by atoms with van der Waals surface area (Å²) in [6.07, 6.45) is 2.84. The molecular formula is C22H19ClN4O5S2. The SMILES string of the molecule is COc1cc(/C=C2/C(=N)N3C(SCC(C)C)=NSC3=NC2=O)cc(Cl)c1OC(=O)c1ccco1. The Labute approximate surface area is 208 Å². The Morgan fingerprint density at radius 2 is 2.21 bits per heavy atom. The lowest BCUT2D eigenvalue weighted by Crippen LogP contribution is -2.41. The molecular weight excluding hydrogens is 500 g/mol. The first-order chi connectivity index (χ1) is 16.3. The minimum absolute atomic E-state index is 0.00789. The van der Waals surface area contributed by atoms with Crippen LogP contribution in [0.4, 0.5) is 0 Å². The third kappa shape index (κ3) is 4.91. The Hall–Kier alpha value is -3.02. The van der Waals surface area contributed by atoms with E-state index in [1.165, 1.54) is 43.3 Å². The number of benzene rings is 1. The number of nitrogens with zero attached hydrogens (tertiary/aromatic N) is 3. The van der Waals surface area contributed by atoms with Gasteiger partial charge in [0.15, 0.2) is 16.7 Å². The third-order valence-electron chi connectivity index (χ3n) is 4.52. The molecule has 1 aromatic carbocycles. The largest absolute Gasteiger partial charge is 0.493 e. The Bertz CT molecular complexity index is 1250. The smallest absolute Gasteiger partial charge is 0.379 e.